The molecule has 4 fully saturated rings. The van der Waals surface area contributed by atoms with Crippen molar-refractivity contribution >= 4 is 18.4 Å². The topological polar surface area (TPSA) is 48.0 Å². The SMILES string of the molecule is Cl.O=C(OC1CN2CCC1CC2)C1(c2ccc3c(c2)OCO3)CCC1. The minimum Gasteiger partial charge on any atom is -0.460 e. The first-order valence-corrected chi connectivity index (χ1v) is 9.08. The molecule has 0 aromatic heterocycles. The molecule has 1 aliphatic carbocycles. The lowest BCUT2D eigenvalue weighted by Gasteiger charge is -2.46. The van der Waals surface area contributed by atoms with Gasteiger partial charge in [0.05, 0.1) is 5.41 Å². The highest BCUT2D eigenvalue weighted by atomic mass is 35.5. The molecule has 0 N–H and O–H groups in total. The lowest BCUT2D eigenvalue weighted by Crippen LogP contribution is -2.54. The van der Waals surface area contributed by atoms with Gasteiger partial charge in [-0.25, -0.2) is 0 Å². The fraction of sp³-hybridized carbons (Fsp3) is 0.632. The van der Waals surface area contributed by atoms with Gasteiger partial charge in [0, 0.05) is 6.54 Å². The summed E-state index contributed by atoms with van der Waals surface area (Å²) in [5.41, 5.74) is 0.539. The summed E-state index contributed by atoms with van der Waals surface area (Å²) < 4.78 is 16.9. The van der Waals surface area contributed by atoms with Crippen LogP contribution in [-0.4, -0.2) is 43.4 Å². The van der Waals surface area contributed by atoms with Gasteiger partial charge in [-0.05, 0) is 62.4 Å². The average Bonchev–Trinajstić information content (AvgIpc) is 3.03. The van der Waals surface area contributed by atoms with E-state index < -0.39 is 5.41 Å². The third-order valence-electron chi connectivity index (χ3n) is 6.38. The zero-order valence-corrected chi connectivity index (χ0v) is 15.1. The Hall–Kier alpha value is -1.46. The van der Waals surface area contributed by atoms with Crippen LogP contribution in [0.1, 0.15) is 37.7 Å². The Kier molecular flexibility index (Phi) is 4.32. The minimum absolute atomic E-state index is 0. The van der Waals surface area contributed by atoms with E-state index in [1.165, 1.54) is 0 Å². The Morgan fingerprint density at radius 2 is 1.92 bits per heavy atom. The maximum atomic E-state index is 13.1. The van der Waals surface area contributed by atoms with Gasteiger partial charge in [-0.2, -0.15) is 0 Å². The monoisotopic (exact) mass is 365 g/mol. The second kappa shape index (κ2) is 6.36. The molecule has 0 amide bonds. The first-order chi connectivity index (χ1) is 11.7. The van der Waals surface area contributed by atoms with Crippen molar-refractivity contribution in [2.75, 3.05) is 26.4 Å². The normalized spacial score (nSPS) is 31.0. The van der Waals surface area contributed by atoms with E-state index in [0.29, 0.717) is 5.92 Å². The van der Waals surface area contributed by atoms with Gasteiger partial charge < -0.3 is 14.2 Å². The largest absolute Gasteiger partial charge is 0.460 e. The van der Waals surface area contributed by atoms with E-state index in [2.05, 4.69) is 4.90 Å². The smallest absolute Gasteiger partial charge is 0.316 e. The average molecular weight is 366 g/mol. The molecule has 6 rings (SSSR count). The Morgan fingerprint density at radius 3 is 2.56 bits per heavy atom. The number of hydrogen-bond acceptors (Lipinski definition) is 5. The molecule has 25 heavy (non-hydrogen) atoms. The summed E-state index contributed by atoms with van der Waals surface area (Å²) in [4.78, 5) is 15.5. The predicted molar refractivity (Wildman–Crippen MR) is 94.4 cm³/mol. The van der Waals surface area contributed by atoms with Gasteiger partial charge in [0.15, 0.2) is 11.5 Å². The van der Waals surface area contributed by atoms with Crippen LogP contribution >= 0.6 is 12.4 Å². The molecule has 2 bridgehead atoms. The number of ether oxygens (including phenoxy) is 3. The maximum absolute atomic E-state index is 13.1. The quantitative estimate of drug-likeness (QED) is 0.771. The van der Waals surface area contributed by atoms with Gasteiger partial charge in [-0.3, -0.25) is 9.69 Å². The summed E-state index contributed by atoms with van der Waals surface area (Å²) in [7, 11) is 0. The molecule has 0 radical (unpaired) electrons. The summed E-state index contributed by atoms with van der Waals surface area (Å²) in [5, 5.41) is 0. The van der Waals surface area contributed by atoms with Crippen molar-refractivity contribution in [3.05, 3.63) is 23.8 Å². The van der Waals surface area contributed by atoms with E-state index in [-0.39, 0.29) is 31.3 Å². The van der Waals surface area contributed by atoms with Crippen LogP contribution in [-0.2, 0) is 14.9 Å². The molecule has 4 aliphatic heterocycles. The Bertz CT molecular complexity index is 667. The summed E-state index contributed by atoms with van der Waals surface area (Å²) >= 11 is 0. The van der Waals surface area contributed by atoms with Crippen LogP contribution in [0, 0.1) is 5.92 Å². The number of nitrogens with zero attached hydrogens (tertiary/aromatic N) is 1. The number of carbonyl (C=O) groups is 1. The fourth-order valence-electron chi connectivity index (χ4n) is 4.63. The van der Waals surface area contributed by atoms with Gasteiger partial charge in [0.2, 0.25) is 6.79 Å². The maximum Gasteiger partial charge on any atom is 0.316 e. The lowest BCUT2D eigenvalue weighted by molar-refractivity contribution is -0.169. The van der Waals surface area contributed by atoms with Gasteiger partial charge in [-0.1, -0.05) is 12.5 Å². The molecule has 5 aliphatic rings. The first kappa shape index (κ1) is 17.0. The number of piperidine rings is 3. The van der Waals surface area contributed by atoms with Gasteiger partial charge >= 0.3 is 5.97 Å². The van der Waals surface area contributed by atoms with E-state index in [9.17, 15) is 4.79 Å². The third-order valence-corrected chi connectivity index (χ3v) is 6.38. The van der Waals surface area contributed by atoms with Gasteiger partial charge in [0.25, 0.3) is 0 Å². The van der Waals surface area contributed by atoms with Crippen LogP contribution in [0.5, 0.6) is 11.5 Å². The summed E-state index contributed by atoms with van der Waals surface area (Å²) in [5.74, 6) is 2.02. The molecule has 1 saturated carbocycles. The van der Waals surface area contributed by atoms with Crippen molar-refractivity contribution in [1.29, 1.82) is 0 Å². The molecule has 4 heterocycles. The highest BCUT2D eigenvalue weighted by Gasteiger charge is 2.49. The third kappa shape index (κ3) is 2.68. The van der Waals surface area contributed by atoms with Gasteiger partial charge in [0.1, 0.15) is 6.10 Å². The standard InChI is InChI=1S/C19H23NO4.ClH/c21-18(24-17-11-20-8-4-13(17)5-9-20)19(6-1-7-19)14-2-3-15-16(10-14)23-12-22-15;/h2-3,10,13,17H,1,4-9,11-12H2;1H. The zero-order chi connectivity index (χ0) is 16.1. The van der Waals surface area contributed by atoms with Crippen molar-refractivity contribution in [3.63, 3.8) is 0 Å². The van der Waals surface area contributed by atoms with Gasteiger partial charge in [-0.15, -0.1) is 12.4 Å². The minimum atomic E-state index is -0.479. The van der Waals surface area contributed by atoms with Crippen molar-refractivity contribution < 1.29 is 19.0 Å². The van der Waals surface area contributed by atoms with E-state index in [4.69, 9.17) is 14.2 Å². The number of hydrogen-bond donors (Lipinski definition) is 0. The molecule has 3 saturated heterocycles. The molecule has 1 aromatic rings. The predicted octanol–water partition coefficient (Wildman–Crippen LogP) is 2.90. The van der Waals surface area contributed by atoms with Crippen LogP contribution in [0.25, 0.3) is 0 Å². The molecule has 1 aromatic carbocycles. The van der Waals surface area contributed by atoms with Crippen molar-refractivity contribution in [3.8, 4) is 11.5 Å². The molecule has 6 heteroatoms. The highest BCUT2D eigenvalue weighted by Crippen LogP contribution is 2.48. The highest BCUT2D eigenvalue weighted by molar-refractivity contribution is 5.85. The summed E-state index contributed by atoms with van der Waals surface area (Å²) in [6, 6.07) is 5.89. The van der Waals surface area contributed by atoms with Crippen molar-refractivity contribution in [2.45, 2.75) is 43.6 Å². The number of benzene rings is 1. The molecule has 136 valence electrons. The molecular weight excluding hydrogens is 342 g/mol. The van der Waals surface area contributed by atoms with E-state index in [1.54, 1.807) is 0 Å². The Balaban J connectivity index is 0.00000157. The fourth-order valence-corrected chi connectivity index (χ4v) is 4.63. The van der Waals surface area contributed by atoms with Crippen LogP contribution in [0.4, 0.5) is 0 Å². The molecule has 1 unspecified atom stereocenters. The van der Waals surface area contributed by atoms with Crippen LogP contribution < -0.4 is 9.47 Å². The number of rotatable bonds is 3. The van der Waals surface area contributed by atoms with Crippen LogP contribution in [0.15, 0.2) is 18.2 Å². The number of esters is 1. The van der Waals surface area contributed by atoms with Crippen molar-refractivity contribution in [2.24, 2.45) is 5.92 Å². The molecule has 5 nitrogen and oxygen atoms in total. The molecular formula is C19H24ClNO4. The second-order valence-corrected chi connectivity index (χ2v) is 7.59. The molecule has 0 spiro atoms. The Labute approximate surface area is 154 Å². The second-order valence-electron chi connectivity index (χ2n) is 7.59. The zero-order valence-electron chi connectivity index (χ0n) is 14.2. The van der Waals surface area contributed by atoms with Crippen LogP contribution in [0.2, 0.25) is 0 Å². The Morgan fingerprint density at radius 1 is 1.16 bits per heavy atom. The summed E-state index contributed by atoms with van der Waals surface area (Å²) in [6.07, 6.45) is 5.21. The number of carbonyl (C=O) groups excluding carboxylic acids is 1. The van der Waals surface area contributed by atoms with Crippen LogP contribution in [0.3, 0.4) is 0 Å². The summed E-state index contributed by atoms with van der Waals surface area (Å²) in [6.45, 7) is 3.49. The van der Waals surface area contributed by atoms with E-state index >= 15 is 0 Å². The first-order valence-electron chi connectivity index (χ1n) is 9.08. The van der Waals surface area contributed by atoms with Crippen molar-refractivity contribution in [1.82, 2.24) is 4.90 Å². The number of fused-ring (bicyclic) bond motifs is 4. The lowest BCUT2D eigenvalue weighted by atomic mass is 9.64. The van der Waals surface area contributed by atoms with E-state index in [0.717, 1.165) is 68.8 Å². The molecule has 1 atom stereocenters. The van der Waals surface area contributed by atoms with E-state index in [1.807, 2.05) is 18.2 Å². The number of halogens is 1.